The normalized spacial score (nSPS) is 20.4. The van der Waals surface area contributed by atoms with Crippen LogP contribution in [0.15, 0.2) is 12.5 Å². The van der Waals surface area contributed by atoms with Gasteiger partial charge in [0.15, 0.2) is 0 Å². The van der Waals surface area contributed by atoms with Gasteiger partial charge in [0.25, 0.3) is 0 Å². The molecule has 0 amide bonds. The summed E-state index contributed by atoms with van der Waals surface area (Å²) in [6, 6.07) is 0. The average molecular weight is 246 g/mol. The van der Waals surface area contributed by atoms with E-state index in [1.807, 2.05) is 0 Å². The summed E-state index contributed by atoms with van der Waals surface area (Å²) in [6.07, 6.45) is 3.20. The van der Waals surface area contributed by atoms with Crippen molar-refractivity contribution in [2.45, 2.75) is 44.7 Å². The lowest BCUT2D eigenvalue weighted by atomic mass is 9.78. The van der Waals surface area contributed by atoms with Gasteiger partial charge in [-0.15, -0.1) is 0 Å². The van der Waals surface area contributed by atoms with Crippen molar-refractivity contribution in [1.82, 2.24) is 9.97 Å². The molecule has 1 N–H and O–H groups in total. The molecule has 1 atom stereocenters. The van der Waals surface area contributed by atoms with Crippen LogP contribution in [0.5, 0.6) is 0 Å². The first-order chi connectivity index (χ1) is 8.07. The van der Waals surface area contributed by atoms with Gasteiger partial charge in [-0.2, -0.15) is 13.2 Å². The molecule has 17 heavy (non-hydrogen) atoms. The van der Waals surface area contributed by atoms with Crippen LogP contribution in [0.2, 0.25) is 0 Å². The Morgan fingerprint density at radius 1 is 1.29 bits per heavy atom. The lowest BCUT2D eigenvalue weighted by molar-refractivity contribution is -0.191. The van der Waals surface area contributed by atoms with Gasteiger partial charge in [0.2, 0.25) is 0 Å². The van der Waals surface area contributed by atoms with E-state index in [-0.39, 0.29) is 12.3 Å². The third kappa shape index (κ3) is 3.23. The van der Waals surface area contributed by atoms with E-state index in [0.717, 1.165) is 19.3 Å². The van der Waals surface area contributed by atoms with Gasteiger partial charge in [0.1, 0.15) is 0 Å². The molecule has 1 aliphatic carbocycles. The second-order valence-electron chi connectivity index (χ2n) is 4.83. The molecule has 1 heterocycles. The van der Waals surface area contributed by atoms with Crippen molar-refractivity contribution >= 4 is 0 Å². The second-order valence-corrected chi connectivity index (χ2v) is 4.83. The Kier molecular flexibility index (Phi) is 3.74. The number of aromatic amines is 1. The summed E-state index contributed by atoms with van der Waals surface area (Å²) in [5.41, 5.74) is 0.581. The number of nitrogens with zero attached hydrogens (tertiary/aromatic N) is 1. The fourth-order valence-electron chi connectivity index (χ4n) is 2.72. The number of halogens is 3. The highest BCUT2D eigenvalue weighted by Gasteiger charge is 2.44. The van der Waals surface area contributed by atoms with Gasteiger partial charge in [-0.05, 0) is 18.8 Å². The molecule has 1 saturated carbocycles. The van der Waals surface area contributed by atoms with Crippen LogP contribution in [-0.2, 0) is 6.42 Å². The Morgan fingerprint density at radius 3 is 2.53 bits per heavy atom. The van der Waals surface area contributed by atoms with Crippen molar-refractivity contribution in [1.29, 1.82) is 0 Å². The minimum Gasteiger partial charge on any atom is -0.348 e. The van der Waals surface area contributed by atoms with E-state index in [2.05, 4.69) is 9.97 Å². The topological polar surface area (TPSA) is 28.7 Å². The highest BCUT2D eigenvalue weighted by Crippen LogP contribution is 2.41. The van der Waals surface area contributed by atoms with Gasteiger partial charge in [-0.3, -0.25) is 0 Å². The van der Waals surface area contributed by atoms with Crippen LogP contribution in [0, 0.1) is 11.8 Å². The zero-order valence-corrected chi connectivity index (χ0v) is 9.63. The monoisotopic (exact) mass is 246 g/mol. The van der Waals surface area contributed by atoms with E-state index in [9.17, 15) is 13.2 Å². The number of hydrogen-bond acceptors (Lipinski definition) is 1. The number of nitrogens with one attached hydrogen (secondary N) is 1. The highest BCUT2D eigenvalue weighted by atomic mass is 19.4. The Labute approximate surface area is 98.6 Å². The summed E-state index contributed by atoms with van der Waals surface area (Å²) in [5.74, 6) is -1.43. The lowest BCUT2D eigenvalue weighted by Crippen LogP contribution is -2.33. The van der Waals surface area contributed by atoms with E-state index in [1.165, 1.54) is 12.5 Å². The number of alkyl halides is 3. The molecule has 2 nitrogen and oxygen atoms in total. The molecule has 1 aromatic rings. The van der Waals surface area contributed by atoms with E-state index in [1.54, 1.807) is 0 Å². The Morgan fingerprint density at radius 2 is 2.00 bits per heavy atom. The highest BCUT2D eigenvalue weighted by molar-refractivity contribution is 4.98. The summed E-state index contributed by atoms with van der Waals surface area (Å²) in [5, 5.41) is 0. The summed E-state index contributed by atoms with van der Waals surface area (Å²) in [4.78, 5) is 6.55. The molecule has 1 aliphatic rings. The molecule has 1 unspecified atom stereocenters. The molecule has 0 bridgehead atoms. The Bertz CT molecular complexity index is 326. The fraction of sp³-hybridized carbons (Fsp3) is 0.750. The maximum atomic E-state index is 13.1. The van der Waals surface area contributed by atoms with Crippen molar-refractivity contribution in [2.24, 2.45) is 11.8 Å². The van der Waals surface area contributed by atoms with Crippen molar-refractivity contribution in [3.05, 3.63) is 18.2 Å². The summed E-state index contributed by atoms with van der Waals surface area (Å²) < 4.78 is 39.2. The number of imidazole rings is 1. The smallest absolute Gasteiger partial charge is 0.348 e. The van der Waals surface area contributed by atoms with Crippen LogP contribution in [0.3, 0.4) is 0 Å². The molecule has 0 saturated heterocycles. The minimum absolute atomic E-state index is 0.0359. The predicted molar refractivity (Wildman–Crippen MR) is 58.4 cm³/mol. The van der Waals surface area contributed by atoms with E-state index >= 15 is 0 Å². The maximum absolute atomic E-state index is 13.1. The van der Waals surface area contributed by atoms with Gasteiger partial charge in [-0.1, -0.05) is 19.3 Å². The van der Waals surface area contributed by atoms with Crippen molar-refractivity contribution in [2.75, 3.05) is 0 Å². The fourth-order valence-corrected chi connectivity index (χ4v) is 2.72. The molecule has 0 spiro atoms. The summed E-state index contributed by atoms with van der Waals surface area (Å²) in [6.45, 7) is 0. The third-order valence-corrected chi connectivity index (χ3v) is 3.63. The van der Waals surface area contributed by atoms with Crippen LogP contribution in [0.4, 0.5) is 13.2 Å². The number of hydrogen-bond donors (Lipinski definition) is 1. The summed E-state index contributed by atoms with van der Waals surface area (Å²) in [7, 11) is 0. The van der Waals surface area contributed by atoms with Gasteiger partial charge in [0.05, 0.1) is 12.2 Å². The van der Waals surface area contributed by atoms with Gasteiger partial charge in [0, 0.05) is 18.3 Å². The van der Waals surface area contributed by atoms with Gasteiger partial charge >= 0.3 is 6.18 Å². The maximum Gasteiger partial charge on any atom is 0.392 e. The van der Waals surface area contributed by atoms with Crippen LogP contribution >= 0.6 is 0 Å². The molecule has 1 aromatic heterocycles. The zero-order chi connectivity index (χ0) is 12.3. The third-order valence-electron chi connectivity index (χ3n) is 3.63. The van der Waals surface area contributed by atoms with Crippen molar-refractivity contribution in [3.8, 4) is 0 Å². The van der Waals surface area contributed by atoms with E-state index in [0.29, 0.717) is 18.5 Å². The Balaban J connectivity index is 2.07. The van der Waals surface area contributed by atoms with Gasteiger partial charge in [-0.25, -0.2) is 4.98 Å². The number of H-pyrrole nitrogens is 1. The van der Waals surface area contributed by atoms with E-state index < -0.39 is 12.1 Å². The average Bonchev–Trinajstić information content (AvgIpc) is 2.78. The van der Waals surface area contributed by atoms with Crippen molar-refractivity contribution in [3.63, 3.8) is 0 Å². The summed E-state index contributed by atoms with van der Waals surface area (Å²) >= 11 is 0. The molecule has 5 heteroatoms. The molecule has 1 fully saturated rings. The first-order valence-electron chi connectivity index (χ1n) is 6.11. The van der Waals surface area contributed by atoms with Crippen LogP contribution < -0.4 is 0 Å². The second kappa shape index (κ2) is 5.10. The molecule has 0 radical (unpaired) electrons. The van der Waals surface area contributed by atoms with Crippen LogP contribution in [0.1, 0.15) is 37.8 Å². The predicted octanol–water partition coefficient (Wildman–Crippen LogP) is 3.71. The molecule has 0 aliphatic heterocycles. The number of rotatable bonds is 3. The lowest BCUT2D eigenvalue weighted by Gasteiger charge is -2.31. The van der Waals surface area contributed by atoms with Crippen molar-refractivity contribution < 1.29 is 13.2 Å². The minimum atomic E-state index is -4.10. The molecule has 0 aromatic carbocycles. The molecule has 2 rings (SSSR count). The number of aromatic nitrogens is 2. The Hall–Kier alpha value is -1.00. The standard InChI is InChI=1S/C12H17F3N2/c13-12(14,15)11(6-10-7-16-8-17-10)9-4-2-1-3-5-9/h7-9,11H,1-6H2,(H,16,17). The quantitative estimate of drug-likeness (QED) is 0.865. The largest absolute Gasteiger partial charge is 0.392 e. The molecular formula is C12H17F3N2. The SMILES string of the molecule is FC(F)(F)C(Cc1cnc[nH]1)C1CCCCC1. The first-order valence-corrected chi connectivity index (χ1v) is 6.11. The van der Waals surface area contributed by atoms with Gasteiger partial charge < -0.3 is 4.98 Å². The van der Waals surface area contributed by atoms with Crippen LogP contribution in [-0.4, -0.2) is 16.1 Å². The van der Waals surface area contributed by atoms with E-state index in [4.69, 9.17) is 0 Å². The van der Waals surface area contributed by atoms with Crippen LogP contribution in [0.25, 0.3) is 0 Å². The first kappa shape index (κ1) is 12.5. The zero-order valence-electron chi connectivity index (χ0n) is 9.63. The molecular weight excluding hydrogens is 229 g/mol. The molecule has 96 valence electrons.